The van der Waals surface area contributed by atoms with E-state index in [4.69, 9.17) is 0 Å². The number of nitrogens with one attached hydrogen (secondary N) is 1. The van der Waals surface area contributed by atoms with Crippen molar-refractivity contribution >= 4 is 17.0 Å². The number of rotatable bonds is 3. The first-order valence-electron chi connectivity index (χ1n) is 5.91. The maximum Gasteiger partial charge on any atom is 0.0707 e. The van der Waals surface area contributed by atoms with Crippen molar-refractivity contribution in [3.8, 4) is 0 Å². The summed E-state index contributed by atoms with van der Waals surface area (Å²) in [5.41, 5.74) is 3.60. The summed E-state index contributed by atoms with van der Waals surface area (Å²) in [7, 11) is 1.98. The number of pyridine rings is 1. The van der Waals surface area contributed by atoms with Gasteiger partial charge in [-0.05, 0) is 38.6 Å². The minimum absolute atomic E-state index is 0.391. The van der Waals surface area contributed by atoms with Crippen molar-refractivity contribution in [1.82, 2.24) is 10.3 Å². The van der Waals surface area contributed by atoms with E-state index in [2.05, 4.69) is 48.4 Å². The molecule has 2 nitrogen and oxygen atoms in total. The van der Waals surface area contributed by atoms with E-state index >= 15 is 0 Å². The number of hydrogen-bond donors (Lipinski definition) is 1. The summed E-state index contributed by atoms with van der Waals surface area (Å²) in [4.78, 5) is 4.37. The van der Waals surface area contributed by atoms with Crippen LogP contribution in [0.5, 0.6) is 0 Å². The van der Waals surface area contributed by atoms with Gasteiger partial charge in [-0.15, -0.1) is 0 Å². The molecule has 0 amide bonds. The Balaban J connectivity index is 2.49. The fraction of sp³-hybridized carbons (Fsp3) is 0.267. The molecule has 2 aromatic rings. The highest BCUT2D eigenvalue weighted by Gasteiger charge is 2.03. The van der Waals surface area contributed by atoms with Crippen LogP contribution >= 0.6 is 0 Å². The molecule has 17 heavy (non-hydrogen) atoms. The van der Waals surface area contributed by atoms with Gasteiger partial charge in [0.2, 0.25) is 0 Å². The lowest BCUT2D eigenvalue weighted by atomic mass is 10.0. The molecule has 0 aliphatic heterocycles. The maximum atomic E-state index is 4.37. The van der Waals surface area contributed by atoms with Crippen molar-refractivity contribution in [2.75, 3.05) is 7.05 Å². The molecule has 1 N–H and O–H groups in total. The molecule has 0 saturated heterocycles. The fourth-order valence-electron chi connectivity index (χ4n) is 1.84. The zero-order valence-electron chi connectivity index (χ0n) is 10.6. The molecule has 0 saturated carbocycles. The molecular weight excluding hydrogens is 208 g/mol. The van der Waals surface area contributed by atoms with Gasteiger partial charge in [0.15, 0.2) is 0 Å². The number of benzene rings is 1. The molecule has 0 bridgehead atoms. The number of para-hydroxylation sites is 1. The molecule has 1 aromatic heterocycles. The van der Waals surface area contributed by atoms with Gasteiger partial charge in [0.05, 0.1) is 5.52 Å². The standard InChI is InChI=1S/C15H18N2/c1-11(12(2)16-3)10-13-8-9-17-15-7-5-4-6-14(13)15/h4-10,12,16H,1-3H3/b11-10+. The van der Waals surface area contributed by atoms with E-state index in [-0.39, 0.29) is 0 Å². The first-order valence-corrected chi connectivity index (χ1v) is 5.91. The highest BCUT2D eigenvalue weighted by molar-refractivity contribution is 5.87. The largest absolute Gasteiger partial charge is 0.314 e. The second-order valence-electron chi connectivity index (χ2n) is 4.32. The second kappa shape index (κ2) is 5.11. The molecule has 0 radical (unpaired) electrons. The van der Waals surface area contributed by atoms with Crippen molar-refractivity contribution in [2.45, 2.75) is 19.9 Å². The van der Waals surface area contributed by atoms with Crippen LogP contribution in [0.1, 0.15) is 19.4 Å². The molecule has 1 atom stereocenters. The summed E-state index contributed by atoms with van der Waals surface area (Å²) >= 11 is 0. The molecule has 0 spiro atoms. The summed E-state index contributed by atoms with van der Waals surface area (Å²) in [5.74, 6) is 0. The third kappa shape index (κ3) is 2.53. The number of aromatic nitrogens is 1. The Bertz CT molecular complexity index is 538. The molecular formula is C15H18N2. The van der Waals surface area contributed by atoms with Gasteiger partial charge in [0, 0.05) is 17.6 Å². The first-order chi connectivity index (χ1) is 8.22. The predicted molar refractivity (Wildman–Crippen MR) is 73.9 cm³/mol. The third-order valence-corrected chi connectivity index (χ3v) is 3.18. The average molecular weight is 226 g/mol. The SMILES string of the molecule is CNC(C)/C(C)=C/c1ccnc2ccccc12. The van der Waals surface area contributed by atoms with Crippen molar-refractivity contribution in [1.29, 1.82) is 0 Å². The summed E-state index contributed by atoms with van der Waals surface area (Å²) < 4.78 is 0. The van der Waals surface area contributed by atoms with Crippen LogP contribution in [0.4, 0.5) is 0 Å². The minimum atomic E-state index is 0.391. The minimum Gasteiger partial charge on any atom is -0.314 e. The van der Waals surface area contributed by atoms with Gasteiger partial charge in [0.25, 0.3) is 0 Å². The van der Waals surface area contributed by atoms with Gasteiger partial charge >= 0.3 is 0 Å². The van der Waals surface area contributed by atoms with Crippen LogP contribution in [0.15, 0.2) is 42.1 Å². The van der Waals surface area contributed by atoms with Gasteiger partial charge in [-0.3, -0.25) is 4.98 Å². The lowest BCUT2D eigenvalue weighted by Gasteiger charge is -2.11. The first kappa shape index (κ1) is 11.8. The van der Waals surface area contributed by atoms with Crippen LogP contribution in [0.2, 0.25) is 0 Å². The van der Waals surface area contributed by atoms with Crippen LogP contribution in [0.3, 0.4) is 0 Å². The van der Waals surface area contributed by atoms with Gasteiger partial charge in [-0.25, -0.2) is 0 Å². The van der Waals surface area contributed by atoms with Crippen LogP contribution in [0, 0.1) is 0 Å². The van der Waals surface area contributed by atoms with Crippen molar-refractivity contribution in [3.05, 3.63) is 47.7 Å². The monoisotopic (exact) mass is 226 g/mol. The average Bonchev–Trinajstić information content (AvgIpc) is 2.38. The van der Waals surface area contributed by atoms with Crippen molar-refractivity contribution in [3.63, 3.8) is 0 Å². The van der Waals surface area contributed by atoms with E-state index in [0.29, 0.717) is 6.04 Å². The van der Waals surface area contributed by atoms with E-state index in [1.165, 1.54) is 16.5 Å². The van der Waals surface area contributed by atoms with Gasteiger partial charge in [-0.1, -0.05) is 29.8 Å². The lowest BCUT2D eigenvalue weighted by Crippen LogP contribution is -2.21. The van der Waals surface area contributed by atoms with Gasteiger partial charge in [-0.2, -0.15) is 0 Å². The number of nitrogens with zero attached hydrogens (tertiary/aromatic N) is 1. The van der Waals surface area contributed by atoms with E-state index in [1.807, 2.05) is 25.4 Å². The van der Waals surface area contributed by atoms with E-state index < -0.39 is 0 Å². The van der Waals surface area contributed by atoms with Crippen molar-refractivity contribution < 1.29 is 0 Å². The smallest absolute Gasteiger partial charge is 0.0707 e. The number of fused-ring (bicyclic) bond motifs is 1. The molecule has 88 valence electrons. The topological polar surface area (TPSA) is 24.9 Å². The quantitative estimate of drug-likeness (QED) is 0.869. The van der Waals surface area contributed by atoms with Crippen LogP contribution in [0.25, 0.3) is 17.0 Å². The zero-order valence-corrected chi connectivity index (χ0v) is 10.6. The normalized spacial score (nSPS) is 13.9. The molecule has 2 rings (SSSR count). The molecule has 0 aliphatic carbocycles. The van der Waals surface area contributed by atoms with Crippen LogP contribution in [-0.2, 0) is 0 Å². The number of likely N-dealkylation sites (N-methyl/N-ethyl adjacent to an activating group) is 1. The lowest BCUT2D eigenvalue weighted by molar-refractivity contribution is 0.696. The molecule has 0 aliphatic rings. The molecule has 1 unspecified atom stereocenters. The molecule has 1 aromatic carbocycles. The Morgan fingerprint density at radius 3 is 2.82 bits per heavy atom. The summed E-state index contributed by atoms with van der Waals surface area (Å²) in [6.45, 7) is 4.31. The Kier molecular flexibility index (Phi) is 3.55. The van der Waals surface area contributed by atoms with E-state index in [0.717, 1.165) is 5.52 Å². The molecule has 2 heteroatoms. The predicted octanol–water partition coefficient (Wildman–Crippen LogP) is 3.25. The van der Waals surface area contributed by atoms with Crippen LogP contribution < -0.4 is 5.32 Å². The Morgan fingerprint density at radius 2 is 2.06 bits per heavy atom. The highest BCUT2D eigenvalue weighted by Crippen LogP contribution is 2.19. The zero-order chi connectivity index (χ0) is 12.3. The van der Waals surface area contributed by atoms with E-state index in [9.17, 15) is 0 Å². The van der Waals surface area contributed by atoms with Gasteiger partial charge < -0.3 is 5.32 Å². The van der Waals surface area contributed by atoms with Gasteiger partial charge in [0.1, 0.15) is 0 Å². The molecule has 1 heterocycles. The summed E-state index contributed by atoms with van der Waals surface area (Å²) in [5, 5.41) is 4.46. The Morgan fingerprint density at radius 1 is 1.29 bits per heavy atom. The summed E-state index contributed by atoms with van der Waals surface area (Å²) in [6, 6.07) is 10.7. The van der Waals surface area contributed by atoms with Crippen molar-refractivity contribution in [2.24, 2.45) is 0 Å². The summed E-state index contributed by atoms with van der Waals surface area (Å²) in [6.07, 6.45) is 4.09. The van der Waals surface area contributed by atoms with E-state index in [1.54, 1.807) is 0 Å². The third-order valence-electron chi connectivity index (χ3n) is 3.18. The maximum absolute atomic E-state index is 4.37. The second-order valence-corrected chi connectivity index (χ2v) is 4.32. The number of hydrogen-bond acceptors (Lipinski definition) is 2. The molecule has 0 fully saturated rings. The van der Waals surface area contributed by atoms with Crippen LogP contribution in [-0.4, -0.2) is 18.1 Å². The fourth-order valence-corrected chi connectivity index (χ4v) is 1.84. The Hall–Kier alpha value is -1.67. The Labute approximate surface area is 102 Å². The highest BCUT2D eigenvalue weighted by atomic mass is 14.9.